The predicted molar refractivity (Wildman–Crippen MR) is 131 cm³/mol. The van der Waals surface area contributed by atoms with Crippen LogP contribution in [0.1, 0.15) is 32.1 Å². The van der Waals surface area contributed by atoms with E-state index < -0.39 is 0 Å². The quantitative estimate of drug-likeness (QED) is 0.614. The molecular weight excluding hydrogens is 428 g/mol. The van der Waals surface area contributed by atoms with Gasteiger partial charge in [-0.05, 0) is 25.7 Å². The molecule has 3 aromatic rings. The van der Waals surface area contributed by atoms with Crippen LogP contribution in [0.4, 0.5) is 0 Å². The van der Waals surface area contributed by atoms with E-state index in [4.69, 9.17) is 0 Å². The summed E-state index contributed by atoms with van der Waals surface area (Å²) in [5.41, 5.74) is 3.11. The number of nitrogens with one attached hydrogen (secondary N) is 1. The zero-order valence-electron chi connectivity index (χ0n) is 19.3. The van der Waals surface area contributed by atoms with E-state index in [9.17, 15) is 14.4 Å². The number of H-pyrrole nitrogens is 1. The largest absolute Gasteiger partial charge is 0.341 e. The Morgan fingerprint density at radius 3 is 2.18 bits per heavy atom. The number of nitrogens with zero attached hydrogens (tertiary/aromatic N) is 3. The second-order valence-corrected chi connectivity index (χ2v) is 9.06. The molecule has 0 saturated carbocycles. The molecule has 0 spiro atoms. The summed E-state index contributed by atoms with van der Waals surface area (Å²) >= 11 is 0. The van der Waals surface area contributed by atoms with E-state index in [1.165, 1.54) is 0 Å². The summed E-state index contributed by atoms with van der Waals surface area (Å²) in [6.45, 7) is 2.44. The number of aromatic amines is 1. The highest BCUT2D eigenvalue weighted by Gasteiger charge is 2.37. The molecule has 1 atom stereocenters. The Labute approximate surface area is 199 Å². The fraction of sp³-hybridized carbons (Fsp3) is 0.370. The molecule has 0 radical (unpaired) electrons. The number of aromatic nitrogens is 2. The first kappa shape index (κ1) is 22.2. The van der Waals surface area contributed by atoms with Crippen molar-refractivity contribution in [1.29, 1.82) is 0 Å². The van der Waals surface area contributed by atoms with Crippen LogP contribution in [0.15, 0.2) is 65.5 Å². The molecule has 34 heavy (non-hydrogen) atoms. The molecule has 3 heterocycles. The Bertz CT molecular complexity index is 1210. The molecule has 2 amide bonds. The van der Waals surface area contributed by atoms with Crippen LogP contribution in [-0.4, -0.2) is 56.8 Å². The standard InChI is InChI=1S/C27H30N4O3/c32-23(30-18-9-14-22(30)26(33)29-16-7-8-17-29)15-19-31-25(21-12-5-2-6-13-21)24(28-27(31)34)20-10-3-1-4-11-20/h1-6,10-13,22H,7-9,14-19H2,(H,28,34)/t22-/m0/s1. The van der Waals surface area contributed by atoms with Gasteiger partial charge in [0.1, 0.15) is 6.04 Å². The normalized spacial score (nSPS) is 17.9. The number of benzene rings is 2. The molecule has 1 aromatic heterocycles. The van der Waals surface area contributed by atoms with Crippen LogP contribution in [0.2, 0.25) is 0 Å². The zero-order chi connectivity index (χ0) is 23.5. The molecule has 5 rings (SSSR count). The number of hydrogen-bond acceptors (Lipinski definition) is 3. The highest BCUT2D eigenvalue weighted by Crippen LogP contribution is 2.30. The van der Waals surface area contributed by atoms with Crippen molar-refractivity contribution in [1.82, 2.24) is 19.4 Å². The number of imidazole rings is 1. The predicted octanol–water partition coefficient (Wildman–Crippen LogP) is 3.51. The van der Waals surface area contributed by atoms with Gasteiger partial charge in [0.25, 0.3) is 0 Å². The van der Waals surface area contributed by atoms with Gasteiger partial charge in [0, 0.05) is 43.7 Å². The maximum atomic E-state index is 13.2. The van der Waals surface area contributed by atoms with Crippen molar-refractivity contribution in [3.63, 3.8) is 0 Å². The SMILES string of the molecule is O=C([C@@H]1CCCN1C(=O)CCn1c(-c2ccccc2)c(-c2ccccc2)[nH]c1=O)N1CCCC1. The fourth-order valence-electron chi connectivity index (χ4n) is 5.21. The average Bonchev–Trinajstić information content (AvgIpc) is 3.64. The molecule has 2 aliphatic rings. The lowest BCUT2D eigenvalue weighted by Crippen LogP contribution is -2.47. The summed E-state index contributed by atoms with van der Waals surface area (Å²) in [6, 6.07) is 19.1. The summed E-state index contributed by atoms with van der Waals surface area (Å²) in [6.07, 6.45) is 3.81. The Kier molecular flexibility index (Phi) is 6.34. The van der Waals surface area contributed by atoms with E-state index in [1.807, 2.05) is 65.6 Å². The second kappa shape index (κ2) is 9.71. The number of carbonyl (C=O) groups excluding carboxylic acids is 2. The Hall–Kier alpha value is -3.61. The van der Waals surface area contributed by atoms with Crippen molar-refractivity contribution in [2.45, 2.75) is 44.7 Å². The van der Waals surface area contributed by atoms with E-state index in [1.54, 1.807) is 9.47 Å². The van der Waals surface area contributed by atoms with E-state index >= 15 is 0 Å². The lowest BCUT2D eigenvalue weighted by Gasteiger charge is -2.28. The van der Waals surface area contributed by atoms with Gasteiger partial charge in [0.15, 0.2) is 0 Å². The van der Waals surface area contributed by atoms with Crippen LogP contribution in [-0.2, 0) is 16.1 Å². The summed E-state index contributed by atoms with van der Waals surface area (Å²) in [7, 11) is 0. The van der Waals surface area contributed by atoms with E-state index in [0.29, 0.717) is 6.54 Å². The molecule has 7 heteroatoms. The minimum absolute atomic E-state index is 0.0663. The van der Waals surface area contributed by atoms with Gasteiger partial charge in [0.2, 0.25) is 11.8 Å². The summed E-state index contributed by atoms with van der Waals surface area (Å²) in [5.74, 6) is 0.0157. The topological polar surface area (TPSA) is 78.4 Å². The van der Waals surface area contributed by atoms with Crippen molar-refractivity contribution >= 4 is 11.8 Å². The van der Waals surface area contributed by atoms with Gasteiger partial charge in [-0.1, -0.05) is 60.7 Å². The summed E-state index contributed by atoms with van der Waals surface area (Å²) in [4.78, 5) is 45.8. The van der Waals surface area contributed by atoms with E-state index in [-0.39, 0.29) is 36.5 Å². The molecule has 2 aromatic carbocycles. The lowest BCUT2D eigenvalue weighted by molar-refractivity contribution is -0.143. The number of rotatable bonds is 6. The Balaban J connectivity index is 1.39. The van der Waals surface area contributed by atoms with Crippen molar-refractivity contribution in [2.24, 2.45) is 0 Å². The lowest BCUT2D eigenvalue weighted by atomic mass is 10.0. The van der Waals surface area contributed by atoms with Gasteiger partial charge >= 0.3 is 5.69 Å². The van der Waals surface area contributed by atoms with Gasteiger partial charge in [0.05, 0.1) is 11.4 Å². The van der Waals surface area contributed by atoms with Crippen molar-refractivity contribution in [2.75, 3.05) is 19.6 Å². The minimum Gasteiger partial charge on any atom is -0.341 e. The molecular formula is C27H30N4O3. The molecule has 176 valence electrons. The van der Waals surface area contributed by atoms with Gasteiger partial charge in [-0.2, -0.15) is 0 Å². The van der Waals surface area contributed by atoms with Crippen LogP contribution in [0.5, 0.6) is 0 Å². The molecule has 1 N–H and O–H groups in total. The summed E-state index contributed by atoms with van der Waals surface area (Å²) < 4.78 is 1.66. The summed E-state index contributed by atoms with van der Waals surface area (Å²) in [5, 5.41) is 0. The average molecular weight is 459 g/mol. The molecule has 0 aliphatic carbocycles. The molecule has 0 bridgehead atoms. The van der Waals surface area contributed by atoms with Crippen LogP contribution in [0, 0.1) is 0 Å². The maximum Gasteiger partial charge on any atom is 0.326 e. The third kappa shape index (κ3) is 4.30. The van der Waals surface area contributed by atoms with Gasteiger partial charge < -0.3 is 14.8 Å². The smallest absolute Gasteiger partial charge is 0.326 e. The fourth-order valence-corrected chi connectivity index (χ4v) is 5.21. The highest BCUT2D eigenvalue weighted by atomic mass is 16.2. The molecule has 0 unspecified atom stereocenters. The monoisotopic (exact) mass is 458 g/mol. The first-order chi connectivity index (χ1) is 16.6. The Morgan fingerprint density at radius 2 is 1.50 bits per heavy atom. The number of carbonyl (C=O) groups is 2. The molecule has 7 nitrogen and oxygen atoms in total. The van der Waals surface area contributed by atoms with Crippen LogP contribution >= 0.6 is 0 Å². The number of hydrogen-bond donors (Lipinski definition) is 1. The first-order valence-electron chi connectivity index (χ1n) is 12.2. The second-order valence-electron chi connectivity index (χ2n) is 9.06. The van der Waals surface area contributed by atoms with Gasteiger partial charge in [-0.15, -0.1) is 0 Å². The van der Waals surface area contributed by atoms with Crippen molar-refractivity contribution in [3.05, 3.63) is 71.1 Å². The third-order valence-corrected chi connectivity index (χ3v) is 6.92. The molecule has 2 saturated heterocycles. The van der Waals surface area contributed by atoms with Crippen LogP contribution < -0.4 is 5.69 Å². The minimum atomic E-state index is -0.359. The third-order valence-electron chi connectivity index (χ3n) is 6.92. The van der Waals surface area contributed by atoms with Crippen LogP contribution in [0.3, 0.4) is 0 Å². The first-order valence-corrected chi connectivity index (χ1v) is 12.2. The van der Waals surface area contributed by atoms with Crippen molar-refractivity contribution in [3.8, 4) is 22.5 Å². The highest BCUT2D eigenvalue weighted by molar-refractivity contribution is 5.88. The molecule has 2 fully saturated rings. The van der Waals surface area contributed by atoms with E-state index in [2.05, 4.69) is 4.98 Å². The Morgan fingerprint density at radius 1 is 0.853 bits per heavy atom. The number of amides is 2. The van der Waals surface area contributed by atoms with Crippen molar-refractivity contribution < 1.29 is 9.59 Å². The van der Waals surface area contributed by atoms with Gasteiger partial charge in [-0.25, -0.2) is 4.79 Å². The zero-order valence-corrected chi connectivity index (χ0v) is 19.3. The maximum absolute atomic E-state index is 13.2. The van der Waals surface area contributed by atoms with E-state index in [0.717, 1.165) is 61.3 Å². The van der Waals surface area contributed by atoms with Gasteiger partial charge in [-0.3, -0.25) is 14.2 Å². The molecule has 2 aliphatic heterocycles. The van der Waals surface area contributed by atoms with Crippen LogP contribution in [0.25, 0.3) is 22.5 Å². The number of likely N-dealkylation sites (tertiary alicyclic amines) is 2.